The van der Waals surface area contributed by atoms with Crippen LogP contribution in [0.25, 0.3) is 22.2 Å². The molecular formula is C23H20ClN5O4S. The molecule has 5 rings (SSSR count). The molecule has 0 spiro atoms. The maximum atomic E-state index is 13.9. The van der Waals surface area contributed by atoms with E-state index in [-0.39, 0.29) is 13.2 Å². The summed E-state index contributed by atoms with van der Waals surface area (Å²) in [5, 5.41) is 22.1. The van der Waals surface area contributed by atoms with Crippen LogP contribution in [0.4, 0.5) is 0 Å². The summed E-state index contributed by atoms with van der Waals surface area (Å²) in [6, 6.07) is 9.14. The van der Waals surface area contributed by atoms with Crippen molar-refractivity contribution >= 4 is 33.8 Å². The molecule has 174 valence electrons. The fraction of sp³-hybridized carbons (Fsp3) is 0.304. The highest BCUT2D eigenvalue weighted by Gasteiger charge is 2.29. The standard InChI is InChI=1S/C23H20ClN5O4S/c1-27-21-16-5-6-33-15(11-30)9-28(16)20(14-4-2-3-13(7-14)8-25)19(21)22(31)29(23(27)32)10-18-26-17(24)12-34-18/h2-4,7,12,15,30H,5-6,9-11H2,1H3/t15-/m0/s1. The highest BCUT2D eigenvalue weighted by molar-refractivity contribution is 7.10. The molecule has 1 aliphatic heterocycles. The van der Waals surface area contributed by atoms with E-state index in [1.165, 1.54) is 15.9 Å². The van der Waals surface area contributed by atoms with Crippen LogP contribution in [0.1, 0.15) is 16.3 Å². The van der Waals surface area contributed by atoms with Crippen molar-refractivity contribution in [3.8, 4) is 17.3 Å². The van der Waals surface area contributed by atoms with E-state index in [9.17, 15) is 20.0 Å². The first-order valence-electron chi connectivity index (χ1n) is 10.6. The predicted molar refractivity (Wildman–Crippen MR) is 128 cm³/mol. The molecular weight excluding hydrogens is 478 g/mol. The Morgan fingerprint density at radius 2 is 2.21 bits per heavy atom. The Morgan fingerprint density at radius 1 is 1.38 bits per heavy atom. The number of aryl methyl sites for hydroxylation is 1. The molecule has 1 atom stereocenters. The van der Waals surface area contributed by atoms with Crippen LogP contribution in [0.5, 0.6) is 0 Å². The van der Waals surface area contributed by atoms with Crippen LogP contribution in [0.3, 0.4) is 0 Å². The number of aliphatic hydroxyl groups excluding tert-OH is 1. The average Bonchev–Trinajstić information content (AvgIpc) is 3.32. The Morgan fingerprint density at radius 3 is 2.91 bits per heavy atom. The minimum Gasteiger partial charge on any atom is -0.394 e. The van der Waals surface area contributed by atoms with Gasteiger partial charge in [-0.2, -0.15) is 5.26 Å². The number of hydrogen-bond acceptors (Lipinski definition) is 7. The summed E-state index contributed by atoms with van der Waals surface area (Å²) in [4.78, 5) is 31.3. The van der Waals surface area contributed by atoms with Crippen LogP contribution in [0.15, 0.2) is 39.2 Å². The SMILES string of the molecule is Cn1c(=O)n(Cc2nc(Cl)cs2)c(=O)c2c(-c3cccc(C#N)c3)n3c(c21)CCO[C@H](CO)C3. The zero-order chi connectivity index (χ0) is 24.0. The molecule has 1 aromatic carbocycles. The van der Waals surface area contributed by atoms with Crippen LogP contribution < -0.4 is 11.2 Å². The lowest BCUT2D eigenvalue weighted by molar-refractivity contribution is 0.0124. The molecule has 1 N–H and O–H groups in total. The second kappa shape index (κ2) is 8.85. The number of nitriles is 1. The lowest BCUT2D eigenvalue weighted by Gasteiger charge is -2.16. The zero-order valence-electron chi connectivity index (χ0n) is 18.2. The van der Waals surface area contributed by atoms with E-state index in [1.807, 2.05) is 10.6 Å². The smallest absolute Gasteiger partial charge is 0.331 e. The van der Waals surface area contributed by atoms with Gasteiger partial charge in [0.15, 0.2) is 0 Å². The molecule has 0 radical (unpaired) electrons. The Labute approximate surface area is 202 Å². The van der Waals surface area contributed by atoms with Crippen molar-refractivity contribution in [2.75, 3.05) is 13.2 Å². The zero-order valence-corrected chi connectivity index (χ0v) is 19.8. The average molecular weight is 498 g/mol. The number of aliphatic hydroxyl groups is 1. The van der Waals surface area contributed by atoms with Crippen molar-refractivity contribution in [3.05, 3.63) is 71.9 Å². The summed E-state index contributed by atoms with van der Waals surface area (Å²) in [6.07, 6.45) is 0.00158. The van der Waals surface area contributed by atoms with E-state index < -0.39 is 17.4 Å². The second-order valence-corrected chi connectivity index (χ2v) is 9.37. The minimum atomic E-state index is -0.460. The molecule has 3 aromatic heterocycles. The van der Waals surface area contributed by atoms with Gasteiger partial charge in [0, 0.05) is 30.1 Å². The largest absolute Gasteiger partial charge is 0.394 e. The molecule has 4 heterocycles. The van der Waals surface area contributed by atoms with E-state index >= 15 is 0 Å². The Bertz CT molecular complexity index is 1580. The van der Waals surface area contributed by atoms with Gasteiger partial charge in [0.25, 0.3) is 5.56 Å². The van der Waals surface area contributed by atoms with E-state index in [4.69, 9.17) is 16.3 Å². The fourth-order valence-electron chi connectivity index (χ4n) is 4.53. The van der Waals surface area contributed by atoms with Gasteiger partial charge < -0.3 is 14.4 Å². The summed E-state index contributed by atoms with van der Waals surface area (Å²) >= 11 is 7.22. The fourth-order valence-corrected chi connectivity index (χ4v) is 5.46. The molecule has 1 aliphatic rings. The summed E-state index contributed by atoms with van der Waals surface area (Å²) in [7, 11) is 1.64. The number of thiazole rings is 1. The third kappa shape index (κ3) is 3.67. The van der Waals surface area contributed by atoms with Gasteiger partial charge in [-0.25, -0.2) is 9.78 Å². The molecule has 0 unspecified atom stereocenters. The molecule has 0 saturated heterocycles. The van der Waals surface area contributed by atoms with E-state index in [1.54, 1.807) is 30.6 Å². The summed E-state index contributed by atoms with van der Waals surface area (Å²) in [5.74, 6) is 0. The first-order valence-corrected chi connectivity index (χ1v) is 11.9. The molecule has 34 heavy (non-hydrogen) atoms. The number of aromatic nitrogens is 4. The van der Waals surface area contributed by atoms with Gasteiger partial charge in [-0.05, 0) is 12.1 Å². The number of halogens is 1. The van der Waals surface area contributed by atoms with Gasteiger partial charge in [0.05, 0.1) is 60.6 Å². The van der Waals surface area contributed by atoms with Crippen molar-refractivity contribution in [1.82, 2.24) is 18.7 Å². The lowest BCUT2D eigenvalue weighted by Crippen LogP contribution is -2.39. The van der Waals surface area contributed by atoms with Crippen LogP contribution in [-0.4, -0.2) is 43.1 Å². The Balaban J connectivity index is 1.87. The highest BCUT2D eigenvalue weighted by Crippen LogP contribution is 2.34. The molecule has 0 fully saturated rings. The van der Waals surface area contributed by atoms with Crippen molar-refractivity contribution in [2.45, 2.75) is 25.6 Å². The molecule has 0 saturated carbocycles. The van der Waals surface area contributed by atoms with Gasteiger partial charge in [-0.3, -0.25) is 13.9 Å². The van der Waals surface area contributed by atoms with Crippen molar-refractivity contribution < 1.29 is 9.84 Å². The molecule has 0 bridgehead atoms. The molecule has 0 aliphatic carbocycles. The predicted octanol–water partition coefficient (Wildman–Crippen LogP) is 2.13. The Hall–Kier alpha value is -3.23. The van der Waals surface area contributed by atoms with Gasteiger partial charge in [0.1, 0.15) is 10.2 Å². The summed E-state index contributed by atoms with van der Waals surface area (Å²) in [6.45, 7) is 0.470. The van der Waals surface area contributed by atoms with Gasteiger partial charge in [-0.1, -0.05) is 23.7 Å². The molecule has 0 amide bonds. The first-order chi connectivity index (χ1) is 16.4. The number of fused-ring (bicyclic) bond motifs is 3. The summed E-state index contributed by atoms with van der Waals surface area (Å²) < 4.78 is 10.4. The third-order valence-corrected chi connectivity index (χ3v) is 7.18. The highest BCUT2D eigenvalue weighted by atomic mass is 35.5. The molecule has 4 aromatic rings. The van der Waals surface area contributed by atoms with Crippen LogP contribution >= 0.6 is 22.9 Å². The maximum Gasteiger partial charge on any atom is 0.331 e. The van der Waals surface area contributed by atoms with E-state index in [0.717, 1.165) is 10.3 Å². The molecule has 9 nitrogen and oxygen atoms in total. The summed E-state index contributed by atoms with van der Waals surface area (Å²) in [5.41, 5.74) is 2.13. The number of nitrogens with zero attached hydrogens (tertiary/aromatic N) is 5. The van der Waals surface area contributed by atoms with Crippen LogP contribution in [0.2, 0.25) is 5.15 Å². The number of hydrogen-bond donors (Lipinski definition) is 1. The monoisotopic (exact) mass is 497 g/mol. The number of rotatable bonds is 4. The van der Waals surface area contributed by atoms with Crippen LogP contribution in [-0.2, 0) is 31.3 Å². The Kier molecular flexibility index (Phi) is 5.87. The van der Waals surface area contributed by atoms with E-state index in [0.29, 0.717) is 57.5 Å². The van der Waals surface area contributed by atoms with Crippen LogP contribution in [0, 0.1) is 11.3 Å². The minimum absolute atomic E-state index is 0.000597. The van der Waals surface area contributed by atoms with Gasteiger partial charge in [0.2, 0.25) is 0 Å². The molecule has 11 heteroatoms. The van der Waals surface area contributed by atoms with Crippen molar-refractivity contribution in [3.63, 3.8) is 0 Å². The normalized spacial score (nSPS) is 15.8. The quantitative estimate of drug-likeness (QED) is 0.462. The van der Waals surface area contributed by atoms with Gasteiger partial charge >= 0.3 is 5.69 Å². The van der Waals surface area contributed by atoms with Crippen molar-refractivity contribution in [1.29, 1.82) is 5.26 Å². The topological polar surface area (TPSA) is 115 Å². The maximum absolute atomic E-state index is 13.9. The third-order valence-electron chi connectivity index (χ3n) is 6.02. The van der Waals surface area contributed by atoms with Gasteiger partial charge in [-0.15, -0.1) is 11.3 Å². The van der Waals surface area contributed by atoms with Crippen molar-refractivity contribution in [2.24, 2.45) is 7.05 Å². The number of ether oxygens (including phenoxy) is 1. The van der Waals surface area contributed by atoms with E-state index in [2.05, 4.69) is 11.1 Å². The lowest BCUT2D eigenvalue weighted by atomic mass is 10.1. The first kappa shape index (κ1) is 22.6. The second-order valence-electron chi connectivity index (χ2n) is 8.04. The number of benzene rings is 1.